The molecule has 0 saturated heterocycles. The minimum atomic E-state index is -0.725. The predicted octanol–water partition coefficient (Wildman–Crippen LogP) is 6.62. The number of nitrogens with one attached hydrogen (secondary N) is 2. The van der Waals surface area contributed by atoms with Gasteiger partial charge >= 0.3 is 6.09 Å². The molecule has 8 heteroatoms. The van der Waals surface area contributed by atoms with Gasteiger partial charge in [0.15, 0.2) is 0 Å². The van der Waals surface area contributed by atoms with Crippen molar-refractivity contribution in [3.8, 4) is 11.1 Å². The lowest BCUT2D eigenvalue weighted by atomic mass is 9.98. The Labute approximate surface area is 260 Å². The van der Waals surface area contributed by atoms with Crippen molar-refractivity contribution in [3.63, 3.8) is 0 Å². The van der Waals surface area contributed by atoms with Crippen molar-refractivity contribution in [1.29, 1.82) is 0 Å². The van der Waals surface area contributed by atoms with Crippen LogP contribution in [-0.2, 0) is 20.9 Å². The molecule has 0 heterocycles. The van der Waals surface area contributed by atoms with Crippen LogP contribution < -0.4 is 16.4 Å². The molecule has 4 rings (SSSR count). The number of aliphatic hydroxyl groups excluding tert-OH is 1. The van der Waals surface area contributed by atoms with Gasteiger partial charge in [-0.05, 0) is 60.7 Å². The first-order valence-electron chi connectivity index (χ1n) is 14.3. The predicted molar refractivity (Wildman–Crippen MR) is 177 cm³/mol. The largest absolute Gasteiger partial charge is 0.449 e. The Balaban J connectivity index is 0.000000287. The van der Waals surface area contributed by atoms with Gasteiger partial charge in [0.2, 0.25) is 11.8 Å². The molecular formula is C36H43N3O5. The summed E-state index contributed by atoms with van der Waals surface area (Å²) in [5.74, 6) is -0.323. The number of hydrogen-bond donors (Lipinski definition) is 4. The van der Waals surface area contributed by atoms with Gasteiger partial charge in [-0.1, -0.05) is 91.5 Å². The quantitative estimate of drug-likeness (QED) is 0.154. The summed E-state index contributed by atoms with van der Waals surface area (Å²) in [6, 6.07) is 23.3. The molecule has 3 aromatic rings. The van der Waals surface area contributed by atoms with Gasteiger partial charge in [0.25, 0.3) is 0 Å². The summed E-state index contributed by atoms with van der Waals surface area (Å²) in [4.78, 5) is 34.5. The normalized spacial score (nSPS) is 11.5. The third-order valence-corrected chi connectivity index (χ3v) is 6.46. The maximum absolute atomic E-state index is 11.9. The number of aliphatic hydroxyl groups is 1. The summed E-state index contributed by atoms with van der Waals surface area (Å²) >= 11 is 0. The minimum absolute atomic E-state index is 0.0372. The van der Waals surface area contributed by atoms with Gasteiger partial charge in [0, 0.05) is 24.4 Å². The van der Waals surface area contributed by atoms with Crippen LogP contribution in [0.2, 0.25) is 0 Å². The molecule has 8 nitrogen and oxygen atoms in total. The second-order valence-electron chi connectivity index (χ2n) is 10.5. The summed E-state index contributed by atoms with van der Waals surface area (Å²) in [6.07, 6.45) is 6.49. The topological polar surface area (TPSA) is 131 Å². The van der Waals surface area contributed by atoms with Gasteiger partial charge in [-0.3, -0.25) is 9.59 Å². The lowest BCUT2D eigenvalue weighted by molar-refractivity contribution is -0.125. The second-order valence-corrected chi connectivity index (χ2v) is 10.5. The summed E-state index contributed by atoms with van der Waals surface area (Å²) in [5.41, 5.74) is 10.8. The highest BCUT2D eigenvalue weighted by Crippen LogP contribution is 2.44. The number of hydrogen-bond acceptors (Lipinski definition) is 5. The van der Waals surface area contributed by atoms with Gasteiger partial charge in [0.1, 0.15) is 6.61 Å². The Morgan fingerprint density at radius 2 is 1.43 bits per heavy atom. The van der Waals surface area contributed by atoms with E-state index in [9.17, 15) is 14.4 Å². The number of carbonyl (C=O) groups excluding carboxylic acids is 3. The number of benzene rings is 3. The van der Waals surface area contributed by atoms with E-state index in [1.165, 1.54) is 22.3 Å². The zero-order valence-electron chi connectivity index (χ0n) is 25.7. The highest BCUT2D eigenvalue weighted by molar-refractivity contribution is 5.93. The molecule has 0 atom stereocenters. The molecule has 0 saturated carbocycles. The Kier molecular flexibility index (Phi) is 14.3. The van der Waals surface area contributed by atoms with E-state index < -0.39 is 11.6 Å². The molecule has 232 valence electrons. The number of primary amides is 1. The Morgan fingerprint density at radius 3 is 1.93 bits per heavy atom. The zero-order valence-corrected chi connectivity index (χ0v) is 25.7. The molecule has 0 radical (unpaired) electrons. The number of fused-ring (bicyclic) bond motifs is 3. The van der Waals surface area contributed by atoms with E-state index >= 15 is 0 Å². The van der Waals surface area contributed by atoms with Gasteiger partial charge < -0.3 is 26.2 Å². The van der Waals surface area contributed by atoms with E-state index in [1.807, 2.05) is 51.1 Å². The van der Waals surface area contributed by atoms with Crippen LogP contribution in [0, 0.1) is 0 Å². The fraction of sp³-hybridized carbons (Fsp3) is 0.250. The maximum Gasteiger partial charge on any atom is 0.404 e. The van der Waals surface area contributed by atoms with E-state index in [4.69, 9.17) is 15.6 Å². The number of amides is 3. The molecule has 3 amide bonds. The number of ether oxygens (including phenoxy) is 1. The van der Waals surface area contributed by atoms with Crippen molar-refractivity contribution in [3.05, 3.63) is 127 Å². The van der Waals surface area contributed by atoms with Crippen LogP contribution in [0.3, 0.4) is 0 Å². The lowest BCUT2D eigenvalue weighted by Gasteiger charge is -2.22. The van der Waals surface area contributed by atoms with Crippen molar-refractivity contribution >= 4 is 23.6 Å². The SMILES string of the molecule is C=C/C=C/C(C)(C)NC(=O)CCC(=O)Nc1ccc(CO)cc1.C=CC.NC(=O)OCC1c2ccccc2-c2ccccc21. The summed E-state index contributed by atoms with van der Waals surface area (Å²) in [5, 5.41) is 14.5. The van der Waals surface area contributed by atoms with Crippen molar-refractivity contribution in [2.75, 3.05) is 11.9 Å². The molecule has 0 bridgehead atoms. The summed E-state index contributed by atoms with van der Waals surface area (Å²) in [7, 11) is 0. The van der Waals surface area contributed by atoms with Gasteiger partial charge in [-0.2, -0.15) is 0 Å². The van der Waals surface area contributed by atoms with Gasteiger partial charge in [0.05, 0.1) is 12.1 Å². The molecular weight excluding hydrogens is 554 g/mol. The molecule has 0 spiro atoms. The first-order valence-corrected chi connectivity index (χ1v) is 14.3. The first kappa shape index (κ1) is 35.2. The highest BCUT2D eigenvalue weighted by atomic mass is 16.5. The van der Waals surface area contributed by atoms with E-state index in [1.54, 1.807) is 42.5 Å². The van der Waals surface area contributed by atoms with Gasteiger partial charge in [-0.25, -0.2) is 4.79 Å². The standard InChI is InChI=1S/C18H24N2O3.C15H13NO2.C3H6/c1-4-5-12-18(2,3)20-17(23)11-10-16(22)19-15-8-6-14(13-21)7-9-15;16-15(17)18-9-14-12-7-3-1-5-10(12)11-6-2-4-8-13(11)14;1-3-2/h4-9,12,21H,1,10-11,13H2,2-3H3,(H,19,22)(H,20,23);1-8,14H,9H2,(H2,16,17);3H,1H2,2H3/b12-5+;;. The fourth-order valence-electron chi connectivity index (χ4n) is 4.52. The third-order valence-electron chi connectivity index (χ3n) is 6.46. The highest BCUT2D eigenvalue weighted by Gasteiger charge is 2.28. The van der Waals surface area contributed by atoms with E-state index in [2.05, 4.69) is 48.1 Å². The van der Waals surface area contributed by atoms with Crippen LogP contribution in [0.15, 0.2) is 110 Å². The van der Waals surface area contributed by atoms with Crippen molar-refractivity contribution in [2.24, 2.45) is 5.73 Å². The molecule has 0 fully saturated rings. The van der Waals surface area contributed by atoms with Crippen LogP contribution in [0.4, 0.5) is 10.5 Å². The van der Waals surface area contributed by atoms with E-state index in [0.29, 0.717) is 12.3 Å². The molecule has 5 N–H and O–H groups in total. The molecule has 3 aromatic carbocycles. The lowest BCUT2D eigenvalue weighted by Crippen LogP contribution is -2.41. The van der Waals surface area contributed by atoms with Crippen LogP contribution in [0.5, 0.6) is 0 Å². The molecule has 1 aliphatic carbocycles. The molecule has 0 aliphatic heterocycles. The number of allylic oxidation sites excluding steroid dienone is 3. The Bertz CT molecular complexity index is 1400. The van der Waals surface area contributed by atoms with Crippen LogP contribution >= 0.6 is 0 Å². The summed E-state index contributed by atoms with van der Waals surface area (Å²) < 4.78 is 4.98. The van der Waals surface area contributed by atoms with Crippen molar-refractivity contribution in [1.82, 2.24) is 5.32 Å². The molecule has 44 heavy (non-hydrogen) atoms. The molecule has 0 aromatic heterocycles. The van der Waals surface area contributed by atoms with E-state index in [0.717, 1.165) is 5.56 Å². The Morgan fingerprint density at radius 1 is 0.909 bits per heavy atom. The average molecular weight is 598 g/mol. The molecule has 1 aliphatic rings. The Hall–Kier alpha value is -4.95. The third kappa shape index (κ3) is 11.4. The number of anilines is 1. The minimum Gasteiger partial charge on any atom is -0.449 e. The van der Waals surface area contributed by atoms with Crippen LogP contribution in [0.25, 0.3) is 11.1 Å². The molecule has 0 unspecified atom stereocenters. The zero-order chi connectivity index (χ0) is 32.5. The number of carbonyl (C=O) groups is 3. The van der Waals surface area contributed by atoms with Crippen LogP contribution in [0.1, 0.15) is 56.2 Å². The summed E-state index contributed by atoms with van der Waals surface area (Å²) in [6.45, 7) is 12.8. The fourth-order valence-corrected chi connectivity index (χ4v) is 4.52. The smallest absolute Gasteiger partial charge is 0.404 e. The average Bonchev–Trinajstić information content (AvgIpc) is 3.32. The monoisotopic (exact) mass is 597 g/mol. The van der Waals surface area contributed by atoms with Crippen molar-refractivity contribution < 1.29 is 24.2 Å². The number of rotatable bonds is 10. The van der Waals surface area contributed by atoms with Gasteiger partial charge in [-0.15, -0.1) is 6.58 Å². The van der Waals surface area contributed by atoms with Crippen LogP contribution in [-0.4, -0.2) is 35.2 Å². The number of nitrogens with two attached hydrogens (primary N) is 1. The second kappa shape index (κ2) is 17.9. The maximum atomic E-state index is 11.9. The van der Waals surface area contributed by atoms with Crippen molar-refractivity contribution in [2.45, 2.75) is 51.7 Å². The van der Waals surface area contributed by atoms with E-state index in [-0.39, 0.29) is 37.2 Å². The first-order chi connectivity index (χ1) is 21.0.